The lowest BCUT2D eigenvalue weighted by atomic mass is 10.0. The van der Waals surface area contributed by atoms with Gasteiger partial charge in [0.05, 0.1) is 19.0 Å². The lowest BCUT2D eigenvalue weighted by molar-refractivity contribution is -0.113. The molecule has 142 valence electrons. The van der Waals surface area contributed by atoms with Crippen LogP contribution in [0.5, 0.6) is 11.5 Å². The smallest absolute Gasteiger partial charge is 0.234 e. The molecule has 0 spiro atoms. The number of para-hydroxylation sites is 1. The molecular weight excluding hydrogens is 370 g/mol. The SMILES string of the molecule is O=C(CSc1ccc2c(c1)OCCCO2)Nc1ccccc1-c1ccccc1. The first-order chi connectivity index (χ1) is 13.8. The van der Waals surface area contributed by atoms with Gasteiger partial charge < -0.3 is 14.8 Å². The zero-order valence-corrected chi connectivity index (χ0v) is 16.2. The van der Waals surface area contributed by atoms with E-state index in [0.717, 1.165) is 39.6 Å². The molecule has 1 N–H and O–H groups in total. The normalized spacial score (nSPS) is 12.9. The van der Waals surface area contributed by atoms with Crippen LogP contribution in [0.3, 0.4) is 0 Å². The summed E-state index contributed by atoms with van der Waals surface area (Å²) in [5.74, 6) is 1.80. The Kier molecular flexibility index (Phi) is 5.83. The number of carbonyl (C=O) groups excluding carboxylic acids is 1. The van der Waals surface area contributed by atoms with Crippen LogP contribution in [0.4, 0.5) is 5.69 Å². The van der Waals surface area contributed by atoms with Gasteiger partial charge in [-0.25, -0.2) is 0 Å². The van der Waals surface area contributed by atoms with Crippen LogP contribution in [0, 0.1) is 0 Å². The van der Waals surface area contributed by atoms with E-state index in [1.165, 1.54) is 11.8 Å². The topological polar surface area (TPSA) is 47.6 Å². The zero-order valence-electron chi connectivity index (χ0n) is 15.4. The van der Waals surface area contributed by atoms with Crippen LogP contribution in [0.1, 0.15) is 6.42 Å². The fourth-order valence-corrected chi connectivity index (χ4v) is 3.75. The highest BCUT2D eigenvalue weighted by Crippen LogP contribution is 2.34. The average molecular weight is 391 g/mol. The first-order valence-corrected chi connectivity index (χ1v) is 10.2. The molecule has 0 saturated heterocycles. The Balaban J connectivity index is 1.41. The number of hydrogen-bond acceptors (Lipinski definition) is 4. The molecule has 0 radical (unpaired) electrons. The van der Waals surface area contributed by atoms with E-state index >= 15 is 0 Å². The van der Waals surface area contributed by atoms with Crippen LogP contribution in [0.15, 0.2) is 77.7 Å². The number of thioether (sulfide) groups is 1. The summed E-state index contributed by atoms with van der Waals surface area (Å²) in [5, 5.41) is 3.04. The summed E-state index contributed by atoms with van der Waals surface area (Å²) < 4.78 is 11.4. The molecule has 1 aliphatic rings. The quantitative estimate of drug-likeness (QED) is 0.604. The minimum atomic E-state index is -0.0412. The lowest BCUT2D eigenvalue weighted by Gasteiger charge is -2.12. The van der Waals surface area contributed by atoms with Gasteiger partial charge in [0.1, 0.15) is 0 Å². The Morgan fingerprint density at radius 2 is 1.64 bits per heavy atom. The monoisotopic (exact) mass is 391 g/mol. The van der Waals surface area contributed by atoms with E-state index in [-0.39, 0.29) is 5.91 Å². The number of anilines is 1. The average Bonchev–Trinajstić information content (AvgIpc) is 2.98. The van der Waals surface area contributed by atoms with Crippen LogP contribution in [0.2, 0.25) is 0 Å². The third-order valence-electron chi connectivity index (χ3n) is 4.37. The van der Waals surface area contributed by atoms with Crippen molar-refractivity contribution in [2.75, 3.05) is 24.3 Å². The number of nitrogens with one attached hydrogen (secondary N) is 1. The summed E-state index contributed by atoms with van der Waals surface area (Å²) in [6.45, 7) is 1.32. The second kappa shape index (κ2) is 8.85. The number of amides is 1. The second-order valence-electron chi connectivity index (χ2n) is 6.41. The Labute approximate surface area is 168 Å². The summed E-state index contributed by atoms with van der Waals surface area (Å²) >= 11 is 1.48. The first-order valence-electron chi connectivity index (χ1n) is 9.26. The number of rotatable bonds is 5. The van der Waals surface area contributed by atoms with E-state index in [9.17, 15) is 4.79 Å². The molecule has 5 heteroatoms. The van der Waals surface area contributed by atoms with Crippen LogP contribution >= 0.6 is 11.8 Å². The molecule has 4 nitrogen and oxygen atoms in total. The van der Waals surface area contributed by atoms with Crippen molar-refractivity contribution in [2.45, 2.75) is 11.3 Å². The van der Waals surface area contributed by atoms with Gasteiger partial charge in [0.25, 0.3) is 0 Å². The minimum Gasteiger partial charge on any atom is -0.490 e. The third kappa shape index (κ3) is 4.49. The van der Waals surface area contributed by atoms with Crippen molar-refractivity contribution in [1.29, 1.82) is 0 Å². The predicted octanol–water partition coefficient (Wildman–Crippen LogP) is 5.25. The molecule has 0 fully saturated rings. The molecule has 0 aliphatic carbocycles. The highest BCUT2D eigenvalue weighted by Gasteiger charge is 2.13. The van der Waals surface area contributed by atoms with Crippen molar-refractivity contribution in [1.82, 2.24) is 0 Å². The molecule has 0 bridgehead atoms. The zero-order chi connectivity index (χ0) is 19.2. The fourth-order valence-electron chi connectivity index (χ4n) is 3.03. The van der Waals surface area contributed by atoms with Crippen molar-refractivity contribution in [2.24, 2.45) is 0 Å². The van der Waals surface area contributed by atoms with Gasteiger partial charge in [-0.2, -0.15) is 0 Å². The van der Waals surface area contributed by atoms with E-state index in [0.29, 0.717) is 19.0 Å². The standard InChI is InChI=1S/C23H21NO3S/c25-23(16-28-18-11-12-21-22(15-18)27-14-6-13-26-21)24-20-10-5-4-9-19(20)17-7-2-1-3-8-17/h1-5,7-12,15H,6,13-14,16H2,(H,24,25). The first kappa shape index (κ1) is 18.4. The van der Waals surface area contributed by atoms with Gasteiger partial charge in [-0.3, -0.25) is 4.79 Å². The van der Waals surface area contributed by atoms with Gasteiger partial charge in [0.2, 0.25) is 5.91 Å². The Bertz CT molecular complexity index is 959. The molecule has 28 heavy (non-hydrogen) atoms. The summed E-state index contributed by atoms with van der Waals surface area (Å²) in [5.41, 5.74) is 2.91. The maximum atomic E-state index is 12.5. The molecule has 4 rings (SSSR count). The van der Waals surface area contributed by atoms with Crippen molar-refractivity contribution in [3.05, 3.63) is 72.8 Å². The van der Waals surface area contributed by atoms with Gasteiger partial charge >= 0.3 is 0 Å². The summed E-state index contributed by atoms with van der Waals surface area (Å²) in [7, 11) is 0. The molecule has 0 unspecified atom stereocenters. The van der Waals surface area contributed by atoms with Crippen LogP contribution < -0.4 is 14.8 Å². The Morgan fingerprint density at radius 1 is 0.893 bits per heavy atom. The van der Waals surface area contributed by atoms with Crippen LogP contribution in [0.25, 0.3) is 11.1 Å². The minimum absolute atomic E-state index is 0.0412. The number of fused-ring (bicyclic) bond motifs is 1. The van der Waals surface area contributed by atoms with Gasteiger partial charge in [-0.1, -0.05) is 48.5 Å². The van der Waals surface area contributed by atoms with E-state index in [2.05, 4.69) is 5.32 Å². The third-order valence-corrected chi connectivity index (χ3v) is 5.37. The van der Waals surface area contributed by atoms with E-state index in [1.54, 1.807) is 0 Å². The molecular formula is C23H21NO3S. The van der Waals surface area contributed by atoms with Crippen molar-refractivity contribution >= 4 is 23.4 Å². The summed E-state index contributed by atoms with van der Waals surface area (Å²) in [4.78, 5) is 13.5. The predicted molar refractivity (Wildman–Crippen MR) is 113 cm³/mol. The van der Waals surface area contributed by atoms with Gasteiger partial charge in [0, 0.05) is 22.6 Å². The fraction of sp³-hybridized carbons (Fsp3) is 0.174. The second-order valence-corrected chi connectivity index (χ2v) is 7.46. The number of benzene rings is 3. The van der Waals surface area contributed by atoms with Crippen LogP contribution in [-0.4, -0.2) is 24.9 Å². The molecule has 0 atom stereocenters. The Hall–Kier alpha value is -2.92. The van der Waals surface area contributed by atoms with Gasteiger partial charge in [0.15, 0.2) is 11.5 Å². The molecule has 0 saturated carbocycles. The maximum absolute atomic E-state index is 12.5. The highest BCUT2D eigenvalue weighted by molar-refractivity contribution is 8.00. The molecule has 3 aromatic carbocycles. The molecule has 0 aromatic heterocycles. The van der Waals surface area contributed by atoms with E-state index in [1.807, 2.05) is 72.8 Å². The molecule has 1 aliphatic heterocycles. The maximum Gasteiger partial charge on any atom is 0.234 e. The van der Waals surface area contributed by atoms with Crippen LogP contribution in [-0.2, 0) is 4.79 Å². The number of hydrogen-bond donors (Lipinski definition) is 1. The van der Waals surface area contributed by atoms with E-state index < -0.39 is 0 Å². The molecule has 1 amide bonds. The van der Waals surface area contributed by atoms with Crippen molar-refractivity contribution < 1.29 is 14.3 Å². The molecule has 3 aromatic rings. The molecule has 1 heterocycles. The van der Waals surface area contributed by atoms with Crippen molar-refractivity contribution in [3.8, 4) is 22.6 Å². The van der Waals surface area contributed by atoms with Gasteiger partial charge in [-0.05, 0) is 29.8 Å². The Morgan fingerprint density at radius 3 is 2.50 bits per heavy atom. The summed E-state index contributed by atoms with van der Waals surface area (Å²) in [6.07, 6.45) is 0.875. The lowest BCUT2D eigenvalue weighted by Crippen LogP contribution is -2.14. The van der Waals surface area contributed by atoms with E-state index in [4.69, 9.17) is 9.47 Å². The number of ether oxygens (including phenoxy) is 2. The largest absolute Gasteiger partial charge is 0.490 e. The summed E-state index contributed by atoms with van der Waals surface area (Å²) in [6, 6.07) is 23.7. The van der Waals surface area contributed by atoms with Crippen molar-refractivity contribution in [3.63, 3.8) is 0 Å². The highest BCUT2D eigenvalue weighted by atomic mass is 32.2. The number of carbonyl (C=O) groups is 1. The van der Waals surface area contributed by atoms with Gasteiger partial charge in [-0.15, -0.1) is 11.8 Å².